The van der Waals surface area contributed by atoms with Gasteiger partial charge < -0.3 is 28.7 Å². The Balaban J connectivity index is 0.000000189. The smallest absolute Gasteiger partial charge is 0.410 e. The molecule has 342 valence electrons. The van der Waals surface area contributed by atoms with E-state index in [0.29, 0.717) is 42.4 Å². The second-order valence-corrected chi connectivity index (χ2v) is 24.2. The molecule has 10 nitrogen and oxygen atoms in total. The number of carbonyl (C=O) groups excluding carboxylic acids is 2. The van der Waals surface area contributed by atoms with Crippen LogP contribution in [0.25, 0.3) is 22.5 Å². The third-order valence-electron chi connectivity index (χ3n) is 12.5. The minimum Gasteiger partial charge on any atom is -0.495 e. The third-order valence-corrected chi connectivity index (χ3v) is 16.1. The van der Waals surface area contributed by atoms with E-state index in [9.17, 15) is 9.59 Å². The average Bonchev–Trinajstić information content (AvgIpc) is 4.04. The Morgan fingerprint density at radius 2 is 1.13 bits per heavy atom. The fraction of sp³-hybridized carbons (Fsp3) is 0.583. The Morgan fingerprint density at radius 1 is 0.698 bits per heavy atom. The van der Waals surface area contributed by atoms with Crippen molar-refractivity contribution in [2.24, 2.45) is 0 Å². The molecule has 8 rings (SSSR count). The summed E-state index contributed by atoms with van der Waals surface area (Å²) in [6.45, 7) is 18.7. The molecular formula is C48H61Br2ClN4O6S2. The molecule has 2 saturated carbocycles. The summed E-state index contributed by atoms with van der Waals surface area (Å²) in [4.78, 5) is 38.3. The molecule has 4 fully saturated rings. The lowest BCUT2D eigenvalue weighted by molar-refractivity contribution is 0.0194. The molecule has 2 amide bonds. The molecule has 2 aromatic carbocycles. The zero-order valence-corrected chi connectivity index (χ0v) is 43.8. The number of piperidine rings is 2. The molecule has 4 aliphatic rings. The van der Waals surface area contributed by atoms with E-state index >= 15 is 0 Å². The second-order valence-electron chi connectivity index (χ2n) is 19.9. The van der Waals surface area contributed by atoms with E-state index in [-0.39, 0.29) is 23.0 Å². The van der Waals surface area contributed by atoms with Crippen molar-refractivity contribution in [2.45, 2.75) is 141 Å². The van der Waals surface area contributed by atoms with Crippen molar-refractivity contribution < 1.29 is 28.5 Å². The maximum absolute atomic E-state index is 12.4. The number of hydrogen-bond donors (Lipinski definition) is 0. The molecule has 63 heavy (non-hydrogen) atoms. The number of rotatable bonds is 8. The number of likely N-dealkylation sites (tertiary alicyclic amines) is 2. The highest BCUT2D eigenvalue weighted by Gasteiger charge is 2.43. The van der Waals surface area contributed by atoms with Gasteiger partial charge in [0.2, 0.25) is 0 Å². The predicted octanol–water partition coefficient (Wildman–Crippen LogP) is 14.1. The number of hydrogen-bond acceptors (Lipinski definition) is 10. The third kappa shape index (κ3) is 11.4. The lowest BCUT2D eigenvalue weighted by Gasteiger charge is -2.32. The van der Waals surface area contributed by atoms with Crippen LogP contribution in [0.15, 0.2) is 38.6 Å². The summed E-state index contributed by atoms with van der Waals surface area (Å²) in [7, 11) is 3.45. The highest BCUT2D eigenvalue weighted by atomic mass is 79.9. The summed E-state index contributed by atoms with van der Waals surface area (Å²) in [5.41, 5.74) is 5.89. The first-order chi connectivity index (χ1) is 29.6. The Morgan fingerprint density at radius 3 is 1.56 bits per heavy atom. The van der Waals surface area contributed by atoms with Crippen LogP contribution in [0.3, 0.4) is 0 Å². The number of methoxy groups -OCH3 is 2. The first-order valence-electron chi connectivity index (χ1n) is 21.9. The summed E-state index contributed by atoms with van der Waals surface area (Å²) in [5.74, 6) is 2.52. The number of aromatic nitrogens is 2. The van der Waals surface area contributed by atoms with Gasteiger partial charge in [-0.1, -0.05) is 25.4 Å². The molecule has 2 aliphatic carbocycles. The van der Waals surface area contributed by atoms with Crippen LogP contribution in [-0.2, 0) is 20.3 Å². The Kier molecular flexibility index (Phi) is 14.3. The Hall–Kier alpha value is -2.91. The summed E-state index contributed by atoms with van der Waals surface area (Å²) in [6, 6.07) is 8.59. The molecule has 0 radical (unpaired) electrons. The van der Waals surface area contributed by atoms with Crippen LogP contribution >= 0.6 is 66.1 Å². The number of nitrogens with zero attached hydrogens (tertiary/aromatic N) is 4. The second kappa shape index (κ2) is 18.8. The molecule has 4 heterocycles. The lowest BCUT2D eigenvalue weighted by atomic mass is 9.94. The largest absolute Gasteiger partial charge is 0.495 e. The number of ether oxygens (including phenoxy) is 4. The summed E-state index contributed by atoms with van der Waals surface area (Å²) < 4.78 is 25.0. The van der Waals surface area contributed by atoms with Crippen LogP contribution in [0.5, 0.6) is 11.5 Å². The monoisotopic (exact) mass is 1050 g/mol. The van der Waals surface area contributed by atoms with Crippen molar-refractivity contribution in [1.82, 2.24) is 19.8 Å². The minimum absolute atomic E-state index is 0.156. The normalized spacial score (nSPS) is 18.6. The van der Waals surface area contributed by atoms with E-state index in [1.54, 1.807) is 41.8 Å². The quantitative estimate of drug-likeness (QED) is 0.172. The van der Waals surface area contributed by atoms with E-state index in [4.69, 9.17) is 40.5 Å². The molecule has 0 atom stereocenters. The maximum Gasteiger partial charge on any atom is 0.410 e. The fourth-order valence-electron chi connectivity index (χ4n) is 8.25. The van der Waals surface area contributed by atoms with Gasteiger partial charge in [0.1, 0.15) is 32.7 Å². The molecule has 2 aliphatic heterocycles. The average molecular weight is 1050 g/mol. The van der Waals surface area contributed by atoms with Crippen LogP contribution < -0.4 is 9.47 Å². The minimum atomic E-state index is -0.477. The van der Waals surface area contributed by atoms with Gasteiger partial charge in [-0.3, -0.25) is 0 Å². The van der Waals surface area contributed by atoms with Gasteiger partial charge in [-0.25, -0.2) is 19.6 Å². The molecule has 0 N–H and O–H groups in total. The molecule has 2 saturated heterocycles. The van der Waals surface area contributed by atoms with Crippen LogP contribution in [0, 0.1) is 0 Å². The van der Waals surface area contributed by atoms with Crippen molar-refractivity contribution in [3.05, 3.63) is 64.1 Å². The number of benzene rings is 2. The first-order valence-corrected chi connectivity index (χ1v) is 25.6. The van der Waals surface area contributed by atoms with Crippen molar-refractivity contribution in [1.29, 1.82) is 0 Å². The van der Waals surface area contributed by atoms with Gasteiger partial charge in [-0.05, 0) is 160 Å². The van der Waals surface area contributed by atoms with Gasteiger partial charge >= 0.3 is 12.2 Å². The highest BCUT2D eigenvalue weighted by molar-refractivity contribution is 9.11. The molecular weight excluding hydrogens is 988 g/mol. The van der Waals surface area contributed by atoms with E-state index in [1.807, 2.05) is 52.5 Å². The van der Waals surface area contributed by atoms with Gasteiger partial charge in [0.15, 0.2) is 0 Å². The van der Waals surface area contributed by atoms with Gasteiger partial charge in [-0.2, -0.15) is 0 Å². The Labute approximate surface area is 403 Å². The Bertz CT molecular complexity index is 2310. The van der Waals surface area contributed by atoms with Gasteiger partial charge in [-0.15, -0.1) is 22.7 Å². The predicted molar refractivity (Wildman–Crippen MR) is 261 cm³/mol. The fourth-order valence-corrected chi connectivity index (χ4v) is 11.9. The van der Waals surface area contributed by atoms with E-state index in [2.05, 4.69) is 69.3 Å². The van der Waals surface area contributed by atoms with Gasteiger partial charge in [0.05, 0.1) is 38.9 Å². The molecule has 4 aromatic rings. The summed E-state index contributed by atoms with van der Waals surface area (Å²) >= 11 is 17.3. The summed E-state index contributed by atoms with van der Waals surface area (Å²) in [5, 5.41) is 4.35. The molecule has 0 bridgehead atoms. The topological polar surface area (TPSA) is 103 Å². The van der Waals surface area contributed by atoms with E-state index in [1.165, 1.54) is 24.0 Å². The zero-order valence-electron chi connectivity index (χ0n) is 38.2. The zero-order chi connectivity index (χ0) is 45.6. The van der Waals surface area contributed by atoms with E-state index in [0.717, 1.165) is 91.5 Å². The standard InChI is InChI=1S/C24H30BrClN2O3S.C24H31BrN2O3S/c1-23(2,3)31-22(29)28-10-6-14(7-11-28)21-27-18(20(26)32-21)15-12-16(24(4)8-9-24)19(30-5)17(25)13-15;1-23(2,3)30-22(28)27-10-6-15(7-11-27)21-26-19(14-31-21)16-12-17(24(4)8-9-24)20(29-5)18(25)13-16/h12-14H,6-11H2,1-5H3;12-15H,6-11H2,1-5H3. The van der Waals surface area contributed by atoms with Crippen molar-refractivity contribution in [3.8, 4) is 34.0 Å². The number of thiazole rings is 2. The van der Waals surface area contributed by atoms with Gasteiger partial charge in [0, 0.05) is 65.6 Å². The van der Waals surface area contributed by atoms with Gasteiger partial charge in [0.25, 0.3) is 0 Å². The van der Waals surface area contributed by atoms with Crippen molar-refractivity contribution in [3.63, 3.8) is 0 Å². The highest BCUT2D eigenvalue weighted by Crippen LogP contribution is 2.55. The van der Waals surface area contributed by atoms with Crippen LogP contribution in [0.4, 0.5) is 9.59 Å². The maximum atomic E-state index is 12.4. The van der Waals surface area contributed by atoms with E-state index < -0.39 is 11.2 Å². The van der Waals surface area contributed by atoms with Crippen LogP contribution in [0.2, 0.25) is 4.34 Å². The molecule has 15 heteroatoms. The number of halogens is 3. The van der Waals surface area contributed by atoms with Crippen molar-refractivity contribution in [2.75, 3.05) is 40.4 Å². The SMILES string of the molecule is COc1c(Br)cc(-c2csc(C3CCN(C(=O)OC(C)(C)C)CC3)n2)cc1C1(C)CC1.COc1c(Br)cc(-c2nc(C3CCN(C(=O)OC(C)(C)C)CC3)sc2Cl)cc1C1(C)CC1. The molecule has 2 aromatic heterocycles. The molecule has 0 unspecified atom stereocenters. The van der Waals surface area contributed by atoms with Crippen molar-refractivity contribution >= 4 is 78.3 Å². The van der Waals surface area contributed by atoms with Crippen LogP contribution in [-0.4, -0.2) is 83.6 Å². The first kappa shape index (κ1) is 48.0. The van der Waals surface area contributed by atoms with Crippen LogP contribution in [0.1, 0.15) is 140 Å². The lowest BCUT2D eigenvalue weighted by Crippen LogP contribution is -2.41. The number of amides is 2. The molecule has 0 spiro atoms. The number of carbonyl (C=O) groups is 2. The summed E-state index contributed by atoms with van der Waals surface area (Å²) in [6.07, 6.45) is 7.81.